The van der Waals surface area contributed by atoms with E-state index in [0.29, 0.717) is 15.6 Å². The molecule has 0 saturated carbocycles. The molecule has 0 bridgehead atoms. The van der Waals surface area contributed by atoms with E-state index in [9.17, 15) is 14.0 Å². The molecule has 3 N–H and O–H groups in total. The van der Waals surface area contributed by atoms with Crippen molar-refractivity contribution in [1.82, 2.24) is 9.97 Å². The molecule has 1 aliphatic carbocycles. The second-order valence-electron chi connectivity index (χ2n) is 7.28. The number of thioether (sulfide) groups is 1. The molecule has 0 unspecified atom stereocenters. The molecular formula is C22H17FN4O2S3. The number of carbonyl (C=O) groups is 2. The van der Waals surface area contributed by atoms with E-state index in [1.807, 2.05) is 5.38 Å². The number of primary amides is 1. The van der Waals surface area contributed by atoms with Crippen LogP contribution in [-0.4, -0.2) is 27.5 Å². The van der Waals surface area contributed by atoms with Gasteiger partial charge in [0.2, 0.25) is 5.91 Å². The van der Waals surface area contributed by atoms with Crippen molar-refractivity contribution in [3.63, 3.8) is 0 Å². The first kappa shape index (κ1) is 21.0. The maximum Gasteiger partial charge on any atom is 0.251 e. The first-order chi connectivity index (χ1) is 15.5. The van der Waals surface area contributed by atoms with Crippen molar-refractivity contribution in [3.8, 4) is 11.1 Å². The maximum absolute atomic E-state index is 13.3. The van der Waals surface area contributed by atoms with Gasteiger partial charge in [-0.3, -0.25) is 9.59 Å². The number of fused-ring (bicyclic) bond motifs is 2. The van der Waals surface area contributed by atoms with Crippen LogP contribution in [0.25, 0.3) is 21.3 Å². The van der Waals surface area contributed by atoms with Gasteiger partial charge in [0.1, 0.15) is 27.0 Å². The highest BCUT2D eigenvalue weighted by Gasteiger charge is 2.26. The molecule has 10 heteroatoms. The van der Waals surface area contributed by atoms with Crippen molar-refractivity contribution < 1.29 is 14.0 Å². The summed E-state index contributed by atoms with van der Waals surface area (Å²) < 4.78 is 13.3. The molecule has 0 atom stereocenters. The number of nitrogens with one attached hydrogen (secondary N) is 1. The van der Waals surface area contributed by atoms with E-state index in [1.165, 1.54) is 52.9 Å². The Morgan fingerprint density at radius 3 is 2.78 bits per heavy atom. The molecule has 6 nitrogen and oxygen atoms in total. The van der Waals surface area contributed by atoms with E-state index >= 15 is 0 Å². The molecule has 1 aliphatic rings. The molecule has 5 rings (SSSR count). The zero-order chi connectivity index (χ0) is 22.2. The van der Waals surface area contributed by atoms with Crippen molar-refractivity contribution in [2.75, 3.05) is 11.1 Å². The number of halogens is 1. The number of nitrogens with two attached hydrogens (primary N) is 1. The number of hydrogen-bond acceptors (Lipinski definition) is 7. The fourth-order valence-electron chi connectivity index (χ4n) is 3.85. The number of rotatable bonds is 6. The molecular weight excluding hydrogens is 467 g/mol. The second kappa shape index (κ2) is 8.61. The Hall–Kier alpha value is -2.82. The summed E-state index contributed by atoms with van der Waals surface area (Å²) in [5.41, 5.74) is 8.76. The number of aryl methyl sites for hydroxylation is 1. The lowest BCUT2D eigenvalue weighted by Gasteiger charge is -2.07. The van der Waals surface area contributed by atoms with Crippen LogP contribution < -0.4 is 11.1 Å². The zero-order valence-electron chi connectivity index (χ0n) is 16.7. The van der Waals surface area contributed by atoms with Crippen LogP contribution >= 0.6 is 34.4 Å². The number of benzene rings is 1. The maximum atomic E-state index is 13.3. The van der Waals surface area contributed by atoms with Crippen molar-refractivity contribution in [3.05, 3.63) is 57.8 Å². The molecule has 3 heterocycles. The summed E-state index contributed by atoms with van der Waals surface area (Å²) in [6.45, 7) is 0. The lowest BCUT2D eigenvalue weighted by atomic mass is 10.1. The third-order valence-corrected chi connectivity index (χ3v) is 8.33. The van der Waals surface area contributed by atoms with Crippen LogP contribution in [0.15, 0.2) is 41.0 Å². The van der Waals surface area contributed by atoms with Crippen molar-refractivity contribution >= 4 is 61.5 Å². The van der Waals surface area contributed by atoms with Gasteiger partial charge in [-0.25, -0.2) is 14.4 Å². The second-order valence-corrected chi connectivity index (χ2v) is 10.2. The lowest BCUT2D eigenvalue weighted by molar-refractivity contribution is -0.113. The first-order valence-electron chi connectivity index (χ1n) is 9.86. The van der Waals surface area contributed by atoms with E-state index in [4.69, 9.17) is 5.73 Å². The van der Waals surface area contributed by atoms with E-state index in [0.717, 1.165) is 51.0 Å². The highest BCUT2D eigenvalue weighted by Crippen LogP contribution is 2.40. The first-order valence-corrected chi connectivity index (χ1v) is 12.5. The minimum atomic E-state index is -0.507. The Balaban J connectivity index is 1.37. The van der Waals surface area contributed by atoms with Crippen LogP contribution in [0.5, 0.6) is 0 Å². The van der Waals surface area contributed by atoms with Crippen LogP contribution in [0.2, 0.25) is 0 Å². The van der Waals surface area contributed by atoms with Gasteiger partial charge in [0.05, 0.1) is 16.7 Å². The van der Waals surface area contributed by atoms with Gasteiger partial charge in [-0.15, -0.1) is 22.7 Å². The summed E-state index contributed by atoms with van der Waals surface area (Å²) in [5.74, 6) is -0.925. The topological polar surface area (TPSA) is 98.0 Å². The van der Waals surface area contributed by atoms with E-state index < -0.39 is 5.91 Å². The van der Waals surface area contributed by atoms with E-state index in [2.05, 4.69) is 15.3 Å². The van der Waals surface area contributed by atoms with Gasteiger partial charge in [0.15, 0.2) is 0 Å². The predicted octanol–water partition coefficient (Wildman–Crippen LogP) is 4.88. The van der Waals surface area contributed by atoms with Gasteiger partial charge in [-0.05, 0) is 42.5 Å². The Bertz CT molecular complexity index is 1350. The standard InChI is InChI=1S/C22H17FN4O2S3/c23-12-6-4-11(5-7-12)14-8-30-20-18(14)21(26-10-25-20)31-9-16(28)27-22-17(19(24)29)13-2-1-3-15(13)32-22/h4-8,10H,1-3,9H2,(H2,24,29)(H,27,28). The number of thiophene rings is 2. The predicted molar refractivity (Wildman–Crippen MR) is 127 cm³/mol. The summed E-state index contributed by atoms with van der Waals surface area (Å²) in [7, 11) is 0. The summed E-state index contributed by atoms with van der Waals surface area (Å²) >= 11 is 4.21. The van der Waals surface area contributed by atoms with Crippen LogP contribution in [0, 0.1) is 5.82 Å². The third kappa shape index (κ3) is 3.89. The molecule has 4 aromatic rings. The number of nitrogens with zero attached hydrogens (tertiary/aromatic N) is 2. The quantitative estimate of drug-likeness (QED) is 0.300. The molecule has 2 amide bonds. The van der Waals surface area contributed by atoms with Gasteiger partial charge < -0.3 is 11.1 Å². The average molecular weight is 485 g/mol. The smallest absolute Gasteiger partial charge is 0.251 e. The average Bonchev–Trinajstić information content (AvgIpc) is 3.47. The summed E-state index contributed by atoms with van der Waals surface area (Å²) in [4.78, 5) is 35.3. The molecule has 162 valence electrons. The third-order valence-electron chi connectivity index (χ3n) is 5.25. The summed E-state index contributed by atoms with van der Waals surface area (Å²) in [6, 6.07) is 6.26. The van der Waals surface area contributed by atoms with E-state index in [-0.39, 0.29) is 17.5 Å². The number of anilines is 1. The van der Waals surface area contributed by atoms with Gasteiger partial charge in [0.25, 0.3) is 5.91 Å². The minimum Gasteiger partial charge on any atom is -0.365 e. The zero-order valence-corrected chi connectivity index (χ0v) is 19.1. The molecule has 3 aromatic heterocycles. The van der Waals surface area contributed by atoms with Crippen LogP contribution in [0.4, 0.5) is 9.39 Å². The van der Waals surface area contributed by atoms with Crippen molar-refractivity contribution in [2.24, 2.45) is 5.73 Å². The molecule has 0 radical (unpaired) electrons. The van der Waals surface area contributed by atoms with Crippen LogP contribution in [0.3, 0.4) is 0 Å². The van der Waals surface area contributed by atoms with Gasteiger partial charge in [-0.2, -0.15) is 0 Å². The number of aromatic nitrogens is 2. The fraction of sp³-hybridized carbons (Fsp3) is 0.182. The molecule has 0 spiro atoms. The summed E-state index contributed by atoms with van der Waals surface area (Å²) in [6.07, 6.45) is 4.21. The Morgan fingerprint density at radius 2 is 2.00 bits per heavy atom. The number of carbonyl (C=O) groups excluding carboxylic acids is 2. The minimum absolute atomic E-state index is 0.117. The van der Waals surface area contributed by atoms with Gasteiger partial charge >= 0.3 is 0 Å². The van der Waals surface area contributed by atoms with E-state index in [1.54, 1.807) is 12.1 Å². The van der Waals surface area contributed by atoms with Gasteiger partial charge in [-0.1, -0.05) is 23.9 Å². The lowest BCUT2D eigenvalue weighted by Crippen LogP contribution is -2.19. The van der Waals surface area contributed by atoms with Crippen LogP contribution in [-0.2, 0) is 17.6 Å². The Kier molecular flexibility index (Phi) is 5.66. The Labute approximate surface area is 195 Å². The van der Waals surface area contributed by atoms with Crippen molar-refractivity contribution in [2.45, 2.75) is 24.3 Å². The van der Waals surface area contributed by atoms with Gasteiger partial charge in [0, 0.05) is 15.8 Å². The fourth-order valence-corrected chi connectivity index (χ4v) is 6.95. The Morgan fingerprint density at radius 1 is 1.19 bits per heavy atom. The highest BCUT2D eigenvalue weighted by molar-refractivity contribution is 8.00. The SMILES string of the molecule is NC(=O)c1c(NC(=O)CSc2ncnc3scc(-c4ccc(F)cc4)c23)sc2c1CCC2. The molecule has 0 fully saturated rings. The normalized spacial score (nSPS) is 12.8. The molecule has 32 heavy (non-hydrogen) atoms. The number of hydrogen-bond donors (Lipinski definition) is 2. The molecule has 0 aliphatic heterocycles. The van der Waals surface area contributed by atoms with Crippen LogP contribution in [0.1, 0.15) is 27.2 Å². The molecule has 1 aromatic carbocycles. The monoisotopic (exact) mass is 484 g/mol. The summed E-state index contributed by atoms with van der Waals surface area (Å²) in [5, 5.41) is 6.87. The molecule has 0 saturated heterocycles. The highest BCUT2D eigenvalue weighted by atomic mass is 32.2. The number of amides is 2. The van der Waals surface area contributed by atoms with Crippen molar-refractivity contribution in [1.29, 1.82) is 0 Å². The largest absolute Gasteiger partial charge is 0.365 e.